The summed E-state index contributed by atoms with van der Waals surface area (Å²) in [6.07, 6.45) is 7.23. The predicted octanol–water partition coefficient (Wildman–Crippen LogP) is 4.41. The number of carbonyl (C=O) groups is 1. The first-order chi connectivity index (χ1) is 17.6. The van der Waals surface area contributed by atoms with E-state index < -0.39 is 0 Å². The molecule has 0 unspecified atom stereocenters. The summed E-state index contributed by atoms with van der Waals surface area (Å²) in [4.78, 5) is 25.3. The minimum Gasteiger partial charge on any atom is -0.465 e. The molecule has 3 aromatic heterocycles. The molecular weight excluding hydrogens is 458 g/mol. The minimum atomic E-state index is -0.212. The number of hydrogen-bond acceptors (Lipinski definition) is 9. The summed E-state index contributed by atoms with van der Waals surface area (Å²) >= 11 is 0. The molecule has 1 fully saturated rings. The Morgan fingerprint density at radius 2 is 2.00 bits per heavy atom. The number of hydrogen-bond donors (Lipinski definition) is 1. The molecule has 0 amide bonds. The Labute approximate surface area is 206 Å². The van der Waals surface area contributed by atoms with Crippen molar-refractivity contribution >= 4 is 34.0 Å². The van der Waals surface area contributed by atoms with Gasteiger partial charge in [-0.1, -0.05) is 6.07 Å². The molecule has 1 aliphatic rings. The summed E-state index contributed by atoms with van der Waals surface area (Å²) in [5.41, 5.74) is 4.06. The quantitative estimate of drug-likeness (QED) is 0.322. The largest absolute Gasteiger partial charge is 0.465 e. The smallest absolute Gasteiger partial charge is 0.310 e. The average Bonchev–Trinajstić information content (AvgIpc) is 3.60. The van der Waals surface area contributed by atoms with Crippen LogP contribution in [0.2, 0.25) is 0 Å². The van der Waals surface area contributed by atoms with E-state index in [0.717, 1.165) is 40.6 Å². The first-order valence-corrected chi connectivity index (χ1v) is 11.7. The molecule has 3 heterocycles. The first kappa shape index (κ1) is 21.9. The summed E-state index contributed by atoms with van der Waals surface area (Å²) in [7, 11) is 0. The van der Waals surface area contributed by atoms with Gasteiger partial charge in [0, 0.05) is 17.1 Å². The molecular formula is C26H23N7O3. The van der Waals surface area contributed by atoms with Gasteiger partial charge < -0.3 is 14.8 Å². The van der Waals surface area contributed by atoms with Crippen molar-refractivity contribution in [2.45, 2.75) is 26.2 Å². The summed E-state index contributed by atoms with van der Waals surface area (Å²) in [5, 5.41) is 12.1. The minimum absolute atomic E-state index is 0.212. The van der Waals surface area contributed by atoms with Gasteiger partial charge in [0.15, 0.2) is 5.65 Å². The zero-order valence-electron chi connectivity index (χ0n) is 19.6. The first-order valence-electron chi connectivity index (χ1n) is 11.7. The van der Waals surface area contributed by atoms with Crippen molar-refractivity contribution in [1.82, 2.24) is 29.5 Å². The number of fused-ring (bicyclic) bond motifs is 2. The van der Waals surface area contributed by atoms with Gasteiger partial charge in [-0.2, -0.15) is 0 Å². The maximum absolute atomic E-state index is 12.2. The average molecular weight is 482 g/mol. The molecule has 10 nitrogen and oxygen atoms in total. The van der Waals surface area contributed by atoms with Gasteiger partial charge >= 0.3 is 5.97 Å². The van der Waals surface area contributed by atoms with Crippen molar-refractivity contribution in [2.24, 2.45) is 5.92 Å². The molecule has 0 bridgehead atoms. The third kappa shape index (κ3) is 4.78. The standard InChI is InChI=1S/C26H23N7O3/c1-16-8-19(5-7-22(16)36-24-11-23-32-30-15-33(23)14-29-24)31-26-20-9-18(4-6-21(20)27-13-28-26)10-25(34)35-12-17-2-3-17/h4-9,11,13-15,17H,2-3,10,12H2,1H3,(H,27,28,31). The number of ether oxygens (including phenoxy) is 2. The molecule has 0 saturated heterocycles. The van der Waals surface area contributed by atoms with E-state index in [0.29, 0.717) is 35.6 Å². The number of benzene rings is 2. The van der Waals surface area contributed by atoms with Gasteiger partial charge in [-0.05, 0) is 67.1 Å². The normalized spacial score (nSPS) is 13.1. The number of anilines is 2. The van der Waals surface area contributed by atoms with Gasteiger partial charge in [0.25, 0.3) is 0 Å². The van der Waals surface area contributed by atoms with Crippen molar-refractivity contribution in [2.75, 3.05) is 11.9 Å². The fourth-order valence-corrected chi connectivity index (χ4v) is 3.88. The fourth-order valence-electron chi connectivity index (χ4n) is 3.88. The summed E-state index contributed by atoms with van der Waals surface area (Å²) in [5.74, 6) is 2.10. The van der Waals surface area contributed by atoms with Crippen molar-refractivity contribution in [1.29, 1.82) is 0 Å². The Morgan fingerprint density at radius 3 is 2.86 bits per heavy atom. The monoisotopic (exact) mass is 481 g/mol. The second-order valence-corrected chi connectivity index (χ2v) is 8.91. The number of esters is 1. The number of aryl methyl sites for hydroxylation is 1. The van der Waals surface area contributed by atoms with Crippen LogP contribution in [0.1, 0.15) is 24.0 Å². The van der Waals surface area contributed by atoms with Crippen molar-refractivity contribution < 1.29 is 14.3 Å². The van der Waals surface area contributed by atoms with E-state index in [2.05, 4.69) is 30.5 Å². The van der Waals surface area contributed by atoms with Crippen LogP contribution >= 0.6 is 0 Å². The highest BCUT2D eigenvalue weighted by Gasteiger charge is 2.23. The topological polar surface area (TPSA) is 116 Å². The highest BCUT2D eigenvalue weighted by molar-refractivity contribution is 5.91. The van der Waals surface area contributed by atoms with Gasteiger partial charge in [0.1, 0.15) is 30.5 Å². The van der Waals surface area contributed by atoms with E-state index in [1.807, 2.05) is 43.3 Å². The van der Waals surface area contributed by atoms with Crippen LogP contribution in [-0.2, 0) is 16.0 Å². The van der Waals surface area contributed by atoms with Crippen LogP contribution in [0.5, 0.6) is 11.6 Å². The number of nitrogens with zero attached hydrogens (tertiary/aromatic N) is 6. The third-order valence-electron chi connectivity index (χ3n) is 6.04. The number of carbonyl (C=O) groups excluding carboxylic acids is 1. The SMILES string of the molecule is Cc1cc(Nc2ncnc3ccc(CC(=O)OCC4CC4)cc23)ccc1Oc1cc2nncn2cn1. The lowest BCUT2D eigenvalue weighted by Crippen LogP contribution is -2.10. The zero-order valence-corrected chi connectivity index (χ0v) is 19.6. The highest BCUT2D eigenvalue weighted by Crippen LogP contribution is 2.30. The van der Waals surface area contributed by atoms with Crippen LogP contribution in [0, 0.1) is 12.8 Å². The van der Waals surface area contributed by atoms with Crippen molar-refractivity contribution in [3.05, 3.63) is 72.6 Å². The predicted molar refractivity (Wildman–Crippen MR) is 132 cm³/mol. The van der Waals surface area contributed by atoms with Crippen LogP contribution in [0.4, 0.5) is 11.5 Å². The second kappa shape index (κ2) is 9.21. The van der Waals surface area contributed by atoms with E-state index >= 15 is 0 Å². The Morgan fingerprint density at radius 1 is 1.08 bits per heavy atom. The molecule has 6 rings (SSSR count). The molecule has 1 aliphatic carbocycles. The van der Waals surface area contributed by atoms with E-state index in [1.165, 1.54) is 6.33 Å². The lowest BCUT2D eigenvalue weighted by atomic mass is 10.1. The maximum Gasteiger partial charge on any atom is 0.310 e. The van der Waals surface area contributed by atoms with Crippen molar-refractivity contribution in [3.8, 4) is 11.6 Å². The molecule has 0 spiro atoms. The zero-order chi connectivity index (χ0) is 24.5. The number of aromatic nitrogens is 6. The van der Waals surface area contributed by atoms with E-state index in [9.17, 15) is 4.79 Å². The van der Waals surface area contributed by atoms with Crippen LogP contribution in [0.25, 0.3) is 16.6 Å². The van der Waals surface area contributed by atoms with Gasteiger partial charge in [-0.15, -0.1) is 10.2 Å². The Bertz CT molecular complexity index is 1580. The molecule has 0 atom stereocenters. The van der Waals surface area contributed by atoms with Crippen LogP contribution < -0.4 is 10.1 Å². The van der Waals surface area contributed by atoms with Gasteiger partial charge in [0.05, 0.1) is 18.5 Å². The summed E-state index contributed by atoms with van der Waals surface area (Å²) in [6.45, 7) is 2.48. The molecule has 5 aromatic rings. The molecule has 1 saturated carbocycles. The van der Waals surface area contributed by atoms with E-state index in [-0.39, 0.29) is 12.4 Å². The molecule has 36 heavy (non-hydrogen) atoms. The van der Waals surface area contributed by atoms with E-state index in [4.69, 9.17) is 9.47 Å². The van der Waals surface area contributed by atoms with Gasteiger partial charge in [-0.25, -0.2) is 15.0 Å². The molecule has 0 radical (unpaired) electrons. The second-order valence-electron chi connectivity index (χ2n) is 8.91. The van der Waals surface area contributed by atoms with Gasteiger partial charge in [0.2, 0.25) is 5.88 Å². The van der Waals surface area contributed by atoms with Crippen molar-refractivity contribution in [3.63, 3.8) is 0 Å². The molecule has 2 aromatic carbocycles. The molecule has 1 N–H and O–H groups in total. The van der Waals surface area contributed by atoms with E-state index in [1.54, 1.807) is 23.1 Å². The molecule has 0 aliphatic heterocycles. The van der Waals surface area contributed by atoms with Crippen LogP contribution in [0.3, 0.4) is 0 Å². The van der Waals surface area contributed by atoms with Crippen LogP contribution in [-0.4, -0.2) is 42.1 Å². The van der Waals surface area contributed by atoms with Gasteiger partial charge in [-0.3, -0.25) is 9.20 Å². The summed E-state index contributed by atoms with van der Waals surface area (Å²) < 4.78 is 13.1. The lowest BCUT2D eigenvalue weighted by Gasteiger charge is -2.12. The van der Waals surface area contributed by atoms with Crippen LogP contribution in [0.15, 0.2) is 61.4 Å². The number of nitrogens with one attached hydrogen (secondary N) is 1. The lowest BCUT2D eigenvalue weighted by molar-refractivity contribution is -0.143. The third-order valence-corrected chi connectivity index (χ3v) is 6.04. The Balaban J connectivity index is 1.19. The maximum atomic E-state index is 12.2. The Kier molecular flexibility index (Phi) is 5.61. The molecule has 10 heteroatoms. The molecule has 180 valence electrons. The number of rotatable bonds is 8. The Hall–Kier alpha value is -4.60. The summed E-state index contributed by atoms with van der Waals surface area (Å²) in [6, 6.07) is 13.2. The fraction of sp³-hybridized carbons (Fsp3) is 0.231. The highest BCUT2D eigenvalue weighted by atomic mass is 16.5.